The zero-order valence-electron chi connectivity index (χ0n) is 15.3. The Balaban J connectivity index is 1.62. The van der Waals surface area contributed by atoms with Crippen LogP contribution in [0, 0.1) is 13.8 Å². The van der Waals surface area contributed by atoms with Gasteiger partial charge in [0, 0.05) is 30.3 Å². The van der Waals surface area contributed by atoms with Gasteiger partial charge in [0.25, 0.3) is 10.2 Å². The first-order valence-electron chi connectivity index (χ1n) is 8.62. The topological polar surface area (TPSA) is 69.7 Å². The van der Waals surface area contributed by atoms with Crippen LogP contribution in [-0.4, -0.2) is 42.6 Å². The van der Waals surface area contributed by atoms with Gasteiger partial charge in [0.15, 0.2) is 0 Å². The Hall–Kier alpha value is -1.93. The molecule has 0 aliphatic carbocycles. The molecular formula is C19H22ClN3O3S. The van der Waals surface area contributed by atoms with Crippen molar-refractivity contribution < 1.29 is 13.2 Å². The summed E-state index contributed by atoms with van der Waals surface area (Å²) in [5, 5.41) is 3.37. The summed E-state index contributed by atoms with van der Waals surface area (Å²) in [5.41, 5.74) is 3.71. The molecule has 1 saturated heterocycles. The molecule has 0 aromatic heterocycles. The molecule has 1 aliphatic rings. The van der Waals surface area contributed by atoms with Gasteiger partial charge in [0.2, 0.25) is 5.91 Å². The fraction of sp³-hybridized carbons (Fsp3) is 0.316. The van der Waals surface area contributed by atoms with Crippen molar-refractivity contribution in [3.63, 3.8) is 0 Å². The highest BCUT2D eigenvalue weighted by molar-refractivity contribution is 7.87. The number of carbonyl (C=O) groups is 1. The highest BCUT2D eigenvalue weighted by atomic mass is 35.5. The summed E-state index contributed by atoms with van der Waals surface area (Å²) >= 11 is 5.87. The van der Waals surface area contributed by atoms with E-state index in [9.17, 15) is 13.2 Å². The molecule has 3 rings (SSSR count). The third-order valence-corrected chi connectivity index (χ3v) is 6.81. The van der Waals surface area contributed by atoms with Crippen molar-refractivity contribution in [1.82, 2.24) is 8.61 Å². The van der Waals surface area contributed by atoms with Crippen LogP contribution in [0.1, 0.15) is 16.7 Å². The molecule has 1 N–H and O–H groups in total. The van der Waals surface area contributed by atoms with Crippen LogP contribution in [-0.2, 0) is 21.5 Å². The van der Waals surface area contributed by atoms with Crippen molar-refractivity contribution in [3.8, 4) is 0 Å². The quantitative estimate of drug-likeness (QED) is 0.828. The van der Waals surface area contributed by atoms with E-state index in [0.29, 0.717) is 17.3 Å². The van der Waals surface area contributed by atoms with E-state index in [0.717, 1.165) is 16.7 Å². The Bertz CT molecular complexity index is 945. The lowest BCUT2D eigenvalue weighted by molar-refractivity contribution is -0.116. The molecular weight excluding hydrogens is 386 g/mol. The third-order valence-electron chi connectivity index (χ3n) is 4.63. The Morgan fingerprint density at radius 1 is 1.04 bits per heavy atom. The number of halogens is 1. The summed E-state index contributed by atoms with van der Waals surface area (Å²) < 4.78 is 28.0. The van der Waals surface area contributed by atoms with Gasteiger partial charge in [0.05, 0.1) is 6.54 Å². The Labute approximate surface area is 164 Å². The van der Waals surface area contributed by atoms with Crippen LogP contribution in [0.3, 0.4) is 0 Å². The van der Waals surface area contributed by atoms with Gasteiger partial charge in [-0.1, -0.05) is 29.8 Å². The Morgan fingerprint density at radius 2 is 1.70 bits per heavy atom. The molecule has 0 unspecified atom stereocenters. The normalized spacial score (nSPS) is 17.1. The number of aryl methyl sites for hydroxylation is 2. The molecule has 1 aliphatic heterocycles. The maximum atomic E-state index is 12.7. The molecule has 2 aromatic carbocycles. The molecule has 0 bridgehead atoms. The number of benzene rings is 2. The summed E-state index contributed by atoms with van der Waals surface area (Å²) in [7, 11) is -3.67. The predicted octanol–water partition coefficient (Wildman–Crippen LogP) is 2.96. The van der Waals surface area contributed by atoms with Gasteiger partial charge >= 0.3 is 0 Å². The van der Waals surface area contributed by atoms with Crippen LogP contribution < -0.4 is 5.32 Å². The highest BCUT2D eigenvalue weighted by Gasteiger charge is 2.37. The summed E-state index contributed by atoms with van der Waals surface area (Å²) in [6.45, 7) is 4.65. The van der Waals surface area contributed by atoms with Crippen LogP contribution in [0.4, 0.5) is 5.69 Å². The lowest BCUT2D eigenvalue weighted by Gasteiger charge is -2.18. The average Bonchev–Trinajstić information content (AvgIpc) is 2.87. The fourth-order valence-corrected chi connectivity index (χ4v) is 4.58. The van der Waals surface area contributed by atoms with Gasteiger partial charge in [-0.15, -0.1) is 0 Å². The summed E-state index contributed by atoms with van der Waals surface area (Å²) in [5.74, 6) is -0.352. The SMILES string of the molecule is Cc1ccc(NC(=O)CN2CCN(Cc3ccc(Cl)cc3)S2(=O)=O)cc1C. The van der Waals surface area contributed by atoms with Gasteiger partial charge in [-0.25, -0.2) is 0 Å². The maximum Gasteiger partial charge on any atom is 0.282 e. The summed E-state index contributed by atoms with van der Waals surface area (Å²) in [6, 6.07) is 12.7. The standard InChI is InChI=1S/C19H22ClN3O3S/c1-14-3-8-18(11-15(14)2)21-19(24)13-23-10-9-22(27(23,25)26)12-16-4-6-17(20)7-5-16/h3-8,11H,9-10,12-13H2,1-2H3,(H,21,24). The maximum absolute atomic E-state index is 12.7. The molecule has 6 nitrogen and oxygen atoms in total. The molecule has 0 saturated carbocycles. The minimum Gasteiger partial charge on any atom is -0.325 e. The first-order valence-corrected chi connectivity index (χ1v) is 10.4. The molecule has 1 fully saturated rings. The van der Waals surface area contributed by atoms with Gasteiger partial charge in [0.1, 0.15) is 0 Å². The second kappa shape index (κ2) is 7.98. The molecule has 144 valence electrons. The average molecular weight is 408 g/mol. The van der Waals surface area contributed by atoms with Crippen molar-refractivity contribution in [2.24, 2.45) is 0 Å². The largest absolute Gasteiger partial charge is 0.325 e. The number of hydrogen-bond donors (Lipinski definition) is 1. The number of amides is 1. The van der Waals surface area contributed by atoms with E-state index in [2.05, 4.69) is 5.32 Å². The van der Waals surface area contributed by atoms with E-state index in [1.165, 1.54) is 8.61 Å². The minimum atomic E-state index is -3.67. The lowest BCUT2D eigenvalue weighted by atomic mass is 10.1. The zero-order chi connectivity index (χ0) is 19.6. The van der Waals surface area contributed by atoms with E-state index in [4.69, 9.17) is 11.6 Å². The van der Waals surface area contributed by atoms with E-state index >= 15 is 0 Å². The smallest absolute Gasteiger partial charge is 0.282 e. The first-order chi connectivity index (χ1) is 12.8. The fourth-order valence-electron chi connectivity index (χ4n) is 2.91. The van der Waals surface area contributed by atoms with E-state index in [1.807, 2.05) is 32.0 Å². The number of rotatable bonds is 5. The monoisotopic (exact) mass is 407 g/mol. The van der Waals surface area contributed by atoms with Gasteiger partial charge in [-0.05, 0) is 54.8 Å². The molecule has 1 heterocycles. The molecule has 0 radical (unpaired) electrons. The van der Waals surface area contributed by atoms with Crippen LogP contribution in [0.15, 0.2) is 42.5 Å². The first kappa shape index (κ1) is 19.8. The highest BCUT2D eigenvalue weighted by Crippen LogP contribution is 2.21. The van der Waals surface area contributed by atoms with Gasteiger partial charge in [-0.2, -0.15) is 17.0 Å². The van der Waals surface area contributed by atoms with Crippen molar-refractivity contribution in [3.05, 3.63) is 64.2 Å². The van der Waals surface area contributed by atoms with Gasteiger partial charge in [-0.3, -0.25) is 4.79 Å². The number of nitrogens with zero attached hydrogens (tertiary/aromatic N) is 2. The van der Waals surface area contributed by atoms with Crippen molar-refractivity contribution in [1.29, 1.82) is 0 Å². The van der Waals surface area contributed by atoms with E-state index in [-0.39, 0.29) is 25.5 Å². The predicted molar refractivity (Wildman–Crippen MR) is 107 cm³/mol. The van der Waals surface area contributed by atoms with Crippen LogP contribution >= 0.6 is 11.6 Å². The Morgan fingerprint density at radius 3 is 2.37 bits per heavy atom. The van der Waals surface area contributed by atoms with Crippen LogP contribution in [0.5, 0.6) is 0 Å². The third kappa shape index (κ3) is 4.68. The number of nitrogens with one attached hydrogen (secondary N) is 1. The number of anilines is 1. The van der Waals surface area contributed by atoms with E-state index in [1.54, 1.807) is 24.3 Å². The number of carbonyl (C=O) groups excluding carboxylic acids is 1. The van der Waals surface area contributed by atoms with Crippen molar-refractivity contribution in [2.45, 2.75) is 20.4 Å². The molecule has 0 spiro atoms. The lowest BCUT2D eigenvalue weighted by Crippen LogP contribution is -2.37. The van der Waals surface area contributed by atoms with Crippen molar-refractivity contribution in [2.75, 3.05) is 25.0 Å². The summed E-state index contributed by atoms with van der Waals surface area (Å²) in [4.78, 5) is 12.3. The molecule has 1 amide bonds. The second-order valence-electron chi connectivity index (χ2n) is 6.65. The zero-order valence-corrected chi connectivity index (χ0v) is 16.8. The van der Waals surface area contributed by atoms with Gasteiger partial charge < -0.3 is 5.32 Å². The van der Waals surface area contributed by atoms with E-state index < -0.39 is 10.2 Å². The van der Waals surface area contributed by atoms with Crippen LogP contribution in [0.25, 0.3) is 0 Å². The van der Waals surface area contributed by atoms with Crippen molar-refractivity contribution >= 4 is 33.4 Å². The molecule has 27 heavy (non-hydrogen) atoms. The number of hydrogen-bond acceptors (Lipinski definition) is 3. The molecule has 0 atom stereocenters. The summed E-state index contributed by atoms with van der Waals surface area (Å²) in [6.07, 6.45) is 0. The molecule has 8 heteroatoms. The Kier molecular flexibility index (Phi) is 5.86. The second-order valence-corrected chi connectivity index (χ2v) is 9.01. The molecule has 2 aromatic rings. The van der Waals surface area contributed by atoms with Crippen LogP contribution in [0.2, 0.25) is 5.02 Å². The minimum absolute atomic E-state index is 0.202.